The van der Waals surface area contributed by atoms with Crippen LogP contribution in [0.3, 0.4) is 0 Å². The Balaban J connectivity index is 2.95. The summed E-state index contributed by atoms with van der Waals surface area (Å²) in [6.45, 7) is 2.01. The number of benzene rings is 1. The number of nitrogens with one attached hydrogen (secondary N) is 1. The lowest BCUT2D eigenvalue weighted by molar-refractivity contribution is -0.137. The number of anilines is 1. The lowest BCUT2D eigenvalue weighted by Gasteiger charge is -2.16. The van der Waals surface area contributed by atoms with E-state index in [9.17, 15) is 4.79 Å². The summed E-state index contributed by atoms with van der Waals surface area (Å²) >= 11 is 0. The zero-order valence-electron chi connectivity index (χ0n) is 9.16. The maximum absolute atomic E-state index is 10.7. The van der Waals surface area contributed by atoms with Gasteiger partial charge in [-0.25, -0.2) is 0 Å². The van der Waals surface area contributed by atoms with Crippen LogP contribution in [0.2, 0.25) is 0 Å². The van der Waals surface area contributed by atoms with E-state index in [0.717, 1.165) is 17.7 Å². The summed E-state index contributed by atoms with van der Waals surface area (Å²) in [5.41, 5.74) is 2.11. The molecule has 15 heavy (non-hydrogen) atoms. The average Bonchev–Trinajstić information content (AvgIpc) is 2.25. The fourth-order valence-corrected chi connectivity index (χ4v) is 1.77. The molecule has 0 spiro atoms. The summed E-state index contributed by atoms with van der Waals surface area (Å²) in [5, 5.41) is 11.9. The van der Waals surface area contributed by atoms with Crippen LogP contribution in [0.5, 0.6) is 0 Å². The number of carboxylic acid groups (broad SMARTS) is 1. The van der Waals surface area contributed by atoms with Gasteiger partial charge in [-0.05, 0) is 24.0 Å². The maximum atomic E-state index is 10.7. The van der Waals surface area contributed by atoms with Crippen LogP contribution in [-0.4, -0.2) is 18.1 Å². The molecular formula is C12H17NO2. The summed E-state index contributed by atoms with van der Waals surface area (Å²) in [6, 6.07) is 7.85. The SMILES string of the molecule is CCC(CC(=O)O)c1ccccc1NC. The second-order valence-electron chi connectivity index (χ2n) is 3.54. The highest BCUT2D eigenvalue weighted by atomic mass is 16.4. The molecule has 0 bridgehead atoms. The minimum atomic E-state index is -0.743. The van der Waals surface area contributed by atoms with Crippen LogP contribution in [0.1, 0.15) is 31.2 Å². The van der Waals surface area contributed by atoms with E-state index in [4.69, 9.17) is 5.11 Å². The predicted molar refractivity (Wildman–Crippen MR) is 61.3 cm³/mol. The van der Waals surface area contributed by atoms with E-state index in [1.54, 1.807) is 0 Å². The first-order chi connectivity index (χ1) is 7.19. The van der Waals surface area contributed by atoms with Gasteiger partial charge in [0.05, 0.1) is 6.42 Å². The summed E-state index contributed by atoms with van der Waals surface area (Å²) in [6.07, 6.45) is 1.03. The van der Waals surface area contributed by atoms with Crippen molar-refractivity contribution in [3.05, 3.63) is 29.8 Å². The molecule has 2 N–H and O–H groups in total. The fourth-order valence-electron chi connectivity index (χ4n) is 1.77. The minimum absolute atomic E-state index is 0.0890. The van der Waals surface area contributed by atoms with Gasteiger partial charge in [0, 0.05) is 12.7 Å². The summed E-state index contributed by atoms with van der Waals surface area (Å²) in [7, 11) is 1.85. The normalized spacial score (nSPS) is 12.1. The van der Waals surface area contributed by atoms with Crippen LogP contribution >= 0.6 is 0 Å². The van der Waals surface area contributed by atoms with E-state index in [0.29, 0.717) is 0 Å². The molecule has 1 unspecified atom stereocenters. The summed E-state index contributed by atoms with van der Waals surface area (Å²) < 4.78 is 0. The van der Waals surface area contributed by atoms with Crippen molar-refractivity contribution in [2.75, 3.05) is 12.4 Å². The number of hydrogen-bond donors (Lipinski definition) is 2. The van der Waals surface area contributed by atoms with Gasteiger partial charge in [0.25, 0.3) is 0 Å². The molecule has 1 aromatic carbocycles. The Morgan fingerprint density at radius 3 is 2.67 bits per heavy atom. The van der Waals surface area contributed by atoms with Crippen LogP contribution in [0.4, 0.5) is 5.69 Å². The minimum Gasteiger partial charge on any atom is -0.481 e. The fraction of sp³-hybridized carbons (Fsp3) is 0.417. The molecule has 0 fully saturated rings. The average molecular weight is 207 g/mol. The molecule has 0 saturated carbocycles. The first-order valence-electron chi connectivity index (χ1n) is 5.17. The molecule has 0 radical (unpaired) electrons. The van der Waals surface area contributed by atoms with Gasteiger partial charge in [-0.15, -0.1) is 0 Å². The van der Waals surface area contributed by atoms with E-state index in [1.807, 2.05) is 38.2 Å². The highest BCUT2D eigenvalue weighted by Crippen LogP contribution is 2.29. The zero-order valence-corrected chi connectivity index (χ0v) is 9.16. The molecule has 3 heteroatoms. The molecule has 82 valence electrons. The Labute approximate surface area is 90.1 Å². The van der Waals surface area contributed by atoms with Crippen LogP contribution in [0.15, 0.2) is 24.3 Å². The Morgan fingerprint density at radius 2 is 2.13 bits per heavy atom. The second-order valence-corrected chi connectivity index (χ2v) is 3.54. The second kappa shape index (κ2) is 5.39. The quantitative estimate of drug-likeness (QED) is 0.780. The van der Waals surface area contributed by atoms with Gasteiger partial charge < -0.3 is 10.4 Å². The number of carboxylic acids is 1. The number of para-hydroxylation sites is 1. The topological polar surface area (TPSA) is 49.3 Å². The van der Waals surface area contributed by atoms with Crippen LogP contribution in [0, 0.1) is 0 Å². The van der Waals surface area contributed by atoms with Crippen LogP contribution in [-0.2, 0) is 4.79 Å². The van der Waals surface area contributed by atoms with Crippen LogP contribution in [0.25, 0.3) is 0 Å². The number of rotatable bonds is 5. The molecule has 0 amide bonds. The van der Waals surface area contributed by atoms with E-state index in [2.05, 4.69) is 5.32 Å². The van der Waals surface area contributed by atoms with Crippen molar-refractivity contribution in [3.8, 4) is 0 Å². The number of aliphatic carboxylic acids is 1. The van der Waals surface area contributed by atoms with E-state index in [-0.39, 0.29) is 12.3 Å². The Bertz CT molecular complexity index is 336. The Hall–Kier alpha value is -1.51. The first-order valence-corrected chi connectivity index (χ1v) is 5.17. The number of hydrogen-bond acceptors (Lipinski definition) is 2. The maximum Gasteiger partial charge on any atom is 0.303 e. The third kappa shape index (κ3) is 2.98. The van der Waals surface area contributed by atoms with Crippen molar-refractivity contribution in [3.63, 3.8) is 0 Å². The van der Waals surface area contributed by atoms with Gasteiger partial charge in [-0.2, -0.15) is 0 Å². The smallest absolute Gasteiger partial charge is 0.303 e. The Morgan fingerprint density at radius 1 is 1.47 bits per heavy atom. The zero-order chi connectivity index (χ0) is 11.3. The number of carbonyl (C=O) groups is 1. The van der Waals surface area contributed by atoms with E-state index >= 15 is 0 Å². The van der Waals surface area contributed by atoms with Crippen molar-refractivity contribution in [2.45, 2.75) is 25.7 Å². The molecular weight excluding hydrogens is 190 g/mol. The van der Waals surface area contributed by atoms with Crippen molar-refractivity contribution in [1.29, 1.82) is 0 Å². The third-order valence-electron chi connectivity index (χ3n) is 2.58. The molecule has 3 nitrogen and oxygen atoms in total. The molecule has 0 aliphatic rings. The van der Waals surface area contributed by atoms with Gasteiger partial charge in [-0.1, -0.05) is 25.1 Å². The van der Waals surface area contributed by atoms with Crippen molar-refractivity contribution < 1.29 is 9.90 Å². The monoisotopic (exact) mass is 207 g/mol. The molecule has 0 aliphatic heterocycles. The lowest BCUT2D eigenvalue weighted by Crippen LogP contribution is -2.07. The summed E-state index contributed by atoms with van der Waals surface area (Å²) in [4.78, 5) is 10.7. The van der Waals surface area contributed by atoms with Gasteiger partial charge in [-0.3, -0.25) is 4.79 Å². The van der Waals surface area contributed by atoms with Crippen molar-refractivity contribution in [2.24, 2.45) is 0 Å². The predicted octanol–water partition coefficient (Wildman–Crippen LogP) is 2.70. The van der Waals surface area contributed by atoms with E-state index < -0.39 is 5.97 Å². The molecule has 0 aromatic heterocycles. The molecule has 1 atom stereocenters. The standard InChI is InChI=1S/C12H17NO2/c1-3-9(8-12(14)15)10-6-4-5-7-11(10)13-2/h4-7,9,13H,3,8H2,1-2H3,(H,14,15). The summed E-state index contributed by atoms with van der Waals surface area (Å²) in [5.74, 6) is -0.654. The molecule has 0 aliphatic carbocycles. The van der Waals surface area contributed by atoms with E-state index in [1.165, 1.54) is 0 Å². The largest absolute Gasteiger partial charge is 0.481 e. The van der Waals surface area contributed by atoms with Gasteiger partial charge in [0.1, 0.15) is 0 Å². The van der Waals surface area contributed by atoms with Gasteiger partial charge in [0.2, 0.25) is 0 Å². The molecule has 1 rings (SSSR count). The highest BCUT2D eigenvalue weighted by molar-refractivity contribution is 5.69. The lowest BCUT2D eigenvalue weighted by atomic mass is 9.92. The third-order valence-corrected chi connectivity index (χ3v) is 2.58. The molecule has 0 saturated heterocycles. The van der Waals surface area contributed by atoms with Gasteiger partial charge in [0.15, 0.2) is 0 Å². The first kappa shape index (κ1) is 11.6. The van der Waals surface area contributed by atoms with Gasteiger partial charge >= 0.3 is 5.97 Å². The molecule has 0 heterocycles. The highest BCUT2D eigenvalue weighted by Gasteiger charge is 2.15. The molecule has 1 aromatic rings. The van der Waals surface area contributed by atoms with Crippen LogP contribution < -0.4 is 5.32 Å². The van der Waals surface area contributed by atoms with Crippen molar-refractivity contribution >= 4 is 11.7 Å². The van der Waals surface area contributed by atoms with Crippen molar-refractivity contribution in [1.82, 2.24) is 0 Å². The Kier molecular flexibility index (Phi) is 4.16.